The first-order valence-corrected chi connectivity index (χ1v) is 9.55. The minimum absolute atomic E-state index is 0.0113. The van der Waals surface area contributed by atoms with Crippen LogP contribution in [0, 0.1) is 5.92 Å². The van der Waals surface area contributed by atoms with Gasteiger partial charge in [-0.05, 0) is 26.0 Å². The van der Waals surface area contributed by atoms with Crippen LogP contribution >= 0.6 is 0 Å². The van der Waals surface area contributed by atoms with Gasteiger partial charge in [-0.25, -0.2) is 4.98 Å². The van der Waals surface area contributed by atoms with Crippen molar-refractivity contribution in [3.05, 3.63) is 23.9 Å². The van der Waals surface area contributed by atoms with Crippen LogP contribution in [0.25, 0.3) is 0 Å². The van der Waals surface area contributed by atoms with E-state index in [2.05, 4.69) is 32.5 Å². The average Bonchev–Trinajstić information content (AvgIpc) is 3.20. The van der Waals surface area contributed by atoms with Gasteiger partial charge in [-0.1, -0.05) is 18.9 Å². The Morgan fingerprint density at radius 2 is 1.88 bits per heavy atom. The van der Waals surface area contributed by atoms with E-state index in [0.29, 0.717) is 6.54 Å². The summed E-state index contributed by atoms with van der Waals surface area (Å²) in [5.41, 5.74) is 1.01. The number of nitrogens with one attached hydrogen (secondary N) is 2. The highest BCUT2D eigenvalue weighted by Crippen LogP contribution is 2.24. The van der Waals surface area contributed by atoms with Gasteiger partial charge in [0.25, 0.3) is 0 Å². The van der Waals surface area contributed by atoms with Crippen molar-refractivity contribution < 1.29 is 9.59 Å². The molecule has 142 valence electrons. The predicted molar refractivity (Wildman–Crippen MR) is 101 cm³/mol. The Hall–Kier alpha value is -2.15. The predicted octanol–water partition coefficient (Wildman–Crippen LogP) is 0.756. The number of anilines is 1. The lowest BCUT2D eigenvalue weighted by molar-refractivity contribution is -0.128. The largest absolute Gasteiger partial charge is 0.354 e. The number of aromatic nitrogens is 1. The first kappa shape index (κ1) is 18.6. The number of likely N-dealkylation sites (N-methyl/N-ethyl adjacent to an activating group) is 1. The van der Waals surface area contributed by atoms with Crippen molar-refractivity contribution >= 4 is 17.6 Å². The summed E-state index contributed by atoms with van der Waals surface area (Å²) in [5.74, 6) is 0.877. The van der Waals surface area contributed by atoms with E-state index in [1.54, 1.807) is 6.20 Å². The van der Waals surface area contributed by atoms with Gasteiger partial charge in [0.2, 0.25) is 11.8 Å². The second-order valence-electron chi connectivity index (χ2n) is 7.25. The van der Waals surface area contributed by atoms with Crippen molar-refractivity contribution in [2.45, 2.75) is 32.2 Å². The number of carbonyl (C=O) groups excluding carboxylic acids is 2. The van der Waals surface area contributed by atoms with Gasteiger partial charge in [-0.3, -0.25) is 9.59 Å². The van der Waals surface area contributed by atoms with Crippen LogP contribution in [-0.4, -0.2) is 61.5 Å². The molecule has 0 unspecified atom stereocenters. The molecule has 1 saturated heterocycles. The fourth-order valence-electron chi connectivity index (χ4n) is 3.63. The summed E-state index contributed by atoms with van der Waals surface area (Å²) < 4.78 is 0. The number of amides is 2. The fourth-order valence-corrected chi connectivity index (χ4v) is 3.63. The van der Waals surface area contributed by atoms with Crippen molar-refractivity contribution in [3.8, 4) is 0 Å². The highest BCUT2D eigenvalue weighted by Gasteiger charge is 2.23. The molecule has 3 rings (SSSR count). The van der Waals surface area contributed by atoms with E-state index in [4.69, 9.17) is 0 Å². The van der Waals surface area contributed by atoms with Crippen LogP contribution in [0.1, 0.15) is 31.2 Å². The molecule has 1 aromatic heterocycles. The second kappa shape index (κ2) is 8.98. The highest BCUT2D eigenvalue weighted by molar-refractivity contribution is 5.85. The van der Waals surface area contributed by atoms with Gasteiger partial charge in [0.15, 0.2) is 0 Å². The van der Waals surface area contributed by atoms with Gasteiger partial charge in [0.05, 0.1) is 6.54 Å². The van der Waals surface area contributed by atoms with Crippen LogP contribution in [0.4, 0.5) is 5.82 Å². The third-order valence-corrected chi connectivity index (χ3v) is 5.30. The molecule has 1 aliphatic heterocycles. The molecule has 2 N–H and O–H groups in total. The van der Waals surface area contributed by atoms with Crippen LogP contribution in [0.3, 0.4) is 0 Å². The highest BCUT2D eigenvalue weighted by atomic mass is 16.2. The third kappa shape index (κ3) is 4.94. The summed E-state index contributed by atoms with van der Waals surface area (Å²) in [6.07, 6.45) is 5.90. The van der Waals surface area contributed by atoms with Gasteiger partial charge in [0, 0.05) is 50.4 Å². The molecule has 0 radical (unpaired) electrons. The molecule has 1 aromatic rings. The molecule has 0 bridgehead atoms. The van der Waals surface area contributed by atoms with Crippen LogP contribution in [0.5, 0.6) is 0 Å². The van der Waals surface area contributed by atoms with E-state index >= 15 is 0 Å². The molecule has 1 aliphatic carbocycles. The second-order valence-corrected chi connectivity index (χ2v) is 7.25. The number of hydrogen-bond donors (Lipinski definition) is 2. The molecule has 2 aliphatic rings. The van der Waals surface area contributed by atoms with Gasteiger partial charge in [0.1, 0.15) is 5.82 Å². The van der Waals surface area contributed by atoms with Crippen molar-refractivity contribution in [1.82, 2.24) is 20.5 Å². The molecule has 0 aromatic carbocycles. The molecular formula is C19H29N5O2. The van der Waals surface area contributed by atoms with E-state index < -0.39 is 0 Å². The van der Waals surface area contributed by atoms with E-state index in [1.165, 1.54) is 0 Å². The number of carbonyl (C=O) groups is 2. The molecule has 7 heteroatoms. The average molecular weight is 359 g/mol. The van der Waals surface area contributed by atoms with Crippen molar-refractivity contribution in [2.24, 2.45) is 5.92 Å². The molecule has 1 saturated carbocycles. The molecule has 2 heterocycles. The van der Waals surface area contributed by atoms with Crippen LogP contribution in [0.2, 0.25) is 0 Å². The maximum Gasteiger partial charge on any atom is 0.239 e. The van der Waals surface area contributed by atoms with E-state index in [-0.39, 0.29) is 24.3 Å². The van der Waals surface area contributed by atoms with Crippen LogP contribution < -0.4 is 15.5 Å². The van der Waals surface area contributed by atoms with Crippen molar-refractivity contribution in [2.75, 3.05) is 44.7 Å². The Morgan fingerprint density at radius 3 is 2.62 bits per heavy atom. The van der Waals surface area contributed by atoms with Crippen LogP contribution in [0.15, 0.2) is 18.3 Å². The Morgan fingerprint density at radius 1 is 1.15 bits per heavy atom. The lowest BCUT2D eigenvalue weighted by Crippen LogP contribution is -2.45. The van der Waals surface area contributed by atoms with E-state index in [1.807, 2.05) is 12.1 Å². The van der Waals surface area contributed by atoms with E-state index in [9.17, 15) is 9.59 Å². The maximum absolute atomic E-state index is 12.1. The summed E-state index contributed by atoms with van der Waals surface area (Å²) in [5, 5.41) is 5.66. The molecular weight excluding hydrogens is 330 g/mol. The lowest BCUT2D eigenvalue weighted by atomic mass is 10.1. The number of piperazine rings is 1. The Balaban J connectivity index is 1.48. The summed E-state index contributed by atoms with van der Waals surface area (Å²) >= 11 is 0. The number of rotatable bonds is 6. The minimum Gasteiger partial charge on any atom is -0.354 e. The molecule has 2 amide bonds. The Labute approximate surface area is 155 Å². The minimum atomic E-state index is -0.162. The lowest BCUT2D eigenvalue weighted by Gasteiger charge is -2.34. The zero-order valence-corrected chi connectivity index (χ0v) is 15.5. The standard InChI is InChI=1S/C19H29N5O2/c1-23-9-11-24(12-10-23)18-16(7-4-8-20-18)13-21-17(25)14-22-19(26)15-5-2-3-6-15/h4,7-8,15H,2-3,5-6,9-14H2,1H3,(H,21,25)(H,22,26). The third-order valence-electron chi connectivity index (χ3n) is 5.30. The Kier molecular flexibility index (Phi) is 6.44. The molecule has 7 nitrogen and oxygen atoms in total. The Bertz CT molecular complexity index is 622. The van der Waals surface area contributed by atoms with Crippen molar-refractivity contribution in [1.29, 1.82) is 0 Å². The summed E-state index contributed by atoms with van der Waals surface area (Å²) in [6, 6.07) is 3.89. The van der Waals surface area contributed by atoms with Crippen molar-refractivity contribution in [3.63, 3.8) is 0 Å². The molecule has 2 fully saturated rings. The maximum atomic E-state index is 12.1. The molecule has 0 atom stereocenters. The summed E-state index contributed by atoms with van der Waals surface area (Å²) in [7, 11) is 2.12. The zero-order valence-electron chi connectivity index (χ0n) is 15.5. The van der Waals surface area contributed by atoms with Gasteiger partial charge in [-0.2, -0.15) is 0 Å². The monoisotopic (exact) mass is 359 g/mol. The number of nitrogens with zero attached hydrogens (tertiary/aromatic N) is 3. The van der Waals surface area contributed by atoms with Crippen LogP contribution in [-0.2, 0) is 16.1 Å². The quantitative estimate of drug-likeness (QED) is 0.784. The van der Waals surface area contributed by atoms with Gasteiger partial charge < -0.3 is 20.4 Å². The summed E-state index contributed by atoms with van der Waals surface area (Å²) in [6.45, 7) is 4.36. The smallest absolute Gasteiger partial charge is 0.239 e. The van der Waals surface area contributed by atoms with E-state index in [0.717, 1.165) is 63.2 Å². The number of pyridine rings is 1. The zero-order chi connectivity index (χ0) is 18.4. The molecule has 26 heavy (non-hydrogen) atoms. The first-order chi connectivity index (χ1) is 12.6. The normalized spacial score (nSPS) is 18.7. The number of hydrogen-bond acceptors (Lipinski definition) is 5. The SMILES string of the molecule is CN1CCN(c2ncccc2CNC(=O)CNC(=O)C2CCCC2)CC1. The first-order valence-electron chi connectivity index (χ1n) is 9.55. The van der Waals surface area contributed by atoms with Gasteiger partial charge in [-0.15, -0.1) is 0 Å². The van der Waals surface area contributed by atoms with Gasteiger partial charge >= 0.3 is 0 Å². The topological polar surface area (TPSA) is 77.6 Å². The summed E-state index contributed by atoms with van der Waals surface area (Å²) in [4.78, 5) is 33.2. The fraction of sp³-hybridized carbons (Fsp3) is 0.632. The molecule has 0 spiro atoms.